The van der Waals surface area contributed by atoms with Crippen LogP contribution in [0.3, 0.4) is 0 Å². The molecule has 1 aliphatic heterocycles. The number of carbonyl (C=O) groups excluding carboxylic acids is 1. The number of amides is 1. The van der Waals surface area contributed by atoms with Crippen molar-refractivity contribution in [3.63, 3.8) is 0 Å². The number of hydrogen-bond donors (Lipinski definition) is 0. The molecule has 0 bridgehead atoms. The molecule has 0 saturated carbocycles. The Kier molecular flexibility index (Phi) is 5.81. The summed E-state index contributed by atoms with van der Waals surface area (Å²) in [6.07, 6.45) is 0.522. The van der Waals surface area contributed by atoms with Crippen molar-refractivity contribution in [3.05, 3.63) is 104 Å². The normalized spacial score (nSPS) is 15.5. The maximum Gasteiger partial charge on any atom is 0.274 e. The highest BCUT2D eigenvalue weighted by Gasteiger charge is 2.34. The molecule has 0 saturated heterocycles. The number of non-ortho nitro benzene ring substituents is 1. The number of rotatable bonds is 5. The predicted molar refractivity (Wildman–Crippen MR) is 120 cm³/mol. The topological polar surface area (TPSA) is 85.0 Å². The molecule has 1 amide bonds. The third-order valence-electron chi connectivity index (χ3n) is 5.10. The first kappa shape index (κ1) is 20.7. The fourth-order valence-corrected chi connectivity index (χ4v) is 3.75. The Balaban J connectivity index is 1.72. The minimum Gasteiger partial charge on any atom is -0.497 e. The van der Waals surface area contributed by atoms with E-state index in [4.69, 9.17) is 4.74 Å². The molecule has 0 aliphatic carbocycles. The molecule has 3 aromatic rings. The minimum atomic E-state index is -0.515. The fourth-order valence-electron chi connectivity index (χ4n) is 3.48. The van der Waals surface area contributed by atoms with Gasteiger partial charge >= 0.3 is 0 Å². The SMILES string of the molecule is COc1ccc(C2=NN(C(=O)c3cccc([N+](=O)[O-])c3)[C@H](c3ccc(Br)cc3)C2)cc1. The number of halogens is 1. The highest BCUT2D eigenvalue weighted by atomic mass is 79.9. The Morgan fingerprint density at radius 1 is 1.13 bits per heavy atom. The van der Waals surface area contributed by atoms with E-state index in [1.54, 1.807) is 13.2 Å². The van der Waals surface area contributed by atoms with E-state index in [0.717, 1.165) is 27.1 Å². The number of benzene rings is 3. The molecule has 0 aromatic heterocycles. The van der Waals surface area contributed by atoms with Crippen molar-refractivity contribution in [2.24, 2.45) is 5.10 Å². The molecule has 0 unspecified atom stereocenters. The van der Waals surface area contributed by atoms with Gasteiger partial charge in [0.1, 0.15) is 5.75 Å². The van der Waals surface area contributed by atoms with Crippen LogP contribution in [0.15, 0.2) is 82.4 Å². The molecule has 0 spiro atoms. The van der Waals surface area contributed by atoms with E-state index >= 15 is 0 Å². The van der Waals surface area contributed by atoms with Crippen molar-refractivity contribution in [2.45, 2.75) is 12.5 Å². The molecule has 156 valence electrons. The number of methoxy groups -OCH3 is 1. The van der Waals surface area contributed by atoms with Crippen molar-refractivity contribution in [1.82, 2.24) is 5.01 Å². The van der Waals surface area contributed by atoms with Crippen molar-refractivity contribution in [1.29, 1.82) is 0 Å². The van der Waals surface area contributed by atoms with Crippen LogP contribution in [0.1, 0.15) is 33.9 Å². The Morgan fingerprint density at radius 3 is 2.48 bits per heavy atom. The zero-order valence-electron chi connectivity index (χ0n) is 16.6. The lowest BCUT2D eigenvalue weighted by atomic mass is 9.98. The number of hydrogen-bond acceptors (Lipinski definition) is 5. The molecule has 1 aliphatic rings. The van der Waals surface area contributed by atoms with Crippen LogP contribution < -0.4 is 4.74 Å². The fraction of sp³-hybridized carbons (Fsp3) is 0.130. The summed E-state index contributed by atoms with van der Waals surface area (Å²) in [4.78, 5) is 23.9. The standard InChI is InChI=1S/C23H18BrN3O4/c1-31-20-11-7-15(8-12-20)21-14-22(16-5-9-18(24)10-6-16)26(25-21)23(28)17-3-2-4-19(13-17)27(29)30/h2-13,22H,14H2,1H3/t22-/m0/s1. The first-order valence-corrected chi connectivity index (χ1v) is 10.3. The van der Waals surface area contributed by atoms with Crippen molar-refractivity contribution < 1.29 is 14.5 Å². The summed E-state index contributed by atoms with van der Waals surface area (Å²) in [7, 11) is 1.60. The van der Waals surface area contributed by atoms with Gasteiger partial charge in [0.15, 0.2) is 0 Å². The van der Waals surface area contributed by atoms with Gasteiger partial charge in [0.25, 0.3) is 11.6 Å². The molecule has 3 aromatic carbocycles. The van der Waals surface area contributed by atoms with Gasteiger partial charge in [-0.25, -0.2) is 5.01 Å². The third kappa shape index (κ3) is 4.34. The summed E-state index contributed by atoms with van der Waals surface area (Å²) < 4.78 is 6.15. The summed E-state index contributed by atoms with van der Waals surface area (Å²) in [5, 5.41) is 17.2. The van der Waals surface area contributed by atoms with Gasteiger partial charge < -0.3 is 4.74 Å². The van der Waals surface area contributed by atoms with Crippen LogP contribution in [0.25, 0.3) is 0 Å². The van der Waals surface area contributed by atoms with Crippen LogP contribution in [-0.4, -0.2) is 28.7 Å². The number of hydrazone groups is 1. The summed E-state index contributed by atoms with van der Waals surface area (Å²) in [5.41, 5.74) is 2.65. The molecular formula is C23H18BrN3O4. The van der Waals surface area contributed by atoms with Gasteiger partial charge in [-0.1, -0.05) is 34.1 Å². The summed E-state index contributed by atoms with van der Waals surface area (Å²) >= 11 is 3.43. The van der Waals surface area contributed by atoms with E-state index in [2.05, 4.69) is 21.0 Å². The molecule has 1 heterocycles. The van der Waals surface area contributed by atoms with Crippen LogP contribution in [0.5, 0.6) is 5.75 Å². The molecule has 8 heteroatoms. The number of ether oxygens (including phenoxy) is 1. The highest BCUT2D eigenvalue weighted by Crippen LogP contribution is 2.35. The van der Waals surface area contributed by atoms with E-state index in [1.807, 2.05) is 48.5 Å². The summed E-state index contributed by atoms with van der Waals surface area (Å²) in [6.45, 7) is 0. The van der Waals surface area contributed by atoms with Gasteiger partial charge in [-0.15, -0.1) is 0 Å². The second-order valence-corrected chi connectivity index (χ2v) is 7.92. The van der Waals surface area contributed by atoms with Crippen molar-refractivity contribution >= 4 is 33.2 Å². The lowest BCUT2D eigenvalue weighted by Gasteiger charge is -2.22. The zero-order valence-corrected chi connectivity index (χ0v) is 18.2. The van der Waals surface area contributed by atoms with Gasteiger partial charge in [0, 0.05) is 28.6 Å². The molecule has 1 atom stereocenters. The number of nitrogens with zero attached hydrogens (tertiary/aromatic N) is 3. The largest absolute Gasteiger partial charge is 0.497 e. The van der Waals surface area contributed by atoms with Gasteiger partial charge in [0.2, 0.25) is 0 Å². The van der Waals surface area contributed by atoms with Gasteiger partial charge in [0.05, 0.1) is 23.8 Å². The Morgan fingerprint density at radius 2 is 1.84 bits per heavy atom. The molecule has 4 rings (SSSR count). The lowest BCUT2D eigenvalue weighted by molar-refractivity contribution is -0.384. The molecule has 0 fully saturated rings. The van der Waals surface area contributed by atoms with E-state index < -0.39 is 4.92 Å². The van der Waals surface area contributed by atoms with Crippen LogP contribution in [-0.2, 0) is 0 Å². The van der Waals surface area contributed by atoms with Gasteiger partial charge in [-0.05, 0) is 53.6 Å². The minimum absolute atomic E-state index is 0.135. The molecular weight excluding hydrogens is 462 g/mol. The number of carbonyl (C=O) groups is 1. The lowest BCUT2D eigenvalue weighted by Crippen LogP contribution is -2.27. The highest BCUT2D eigenvalue weighted by molar-refractivity contribution is 9.10. The van der Waals surface area contributed by atoms with E-state index in [-0.39, 0.29) is 23.2 Å². The molecule has 0 N–H and O–H groups in total. The second-order valence-electron chi connectivity index (χ2n) is 7.00. The molecule has 0 radical (unpaired) electrons. The average Bonchev–Trinajstić information content (AvgIpc) is 3.24. The Hall–Kier alpha value is -3.52. The Bertz CT molecular complexity index is 1160. The van der Waals surface area contributed by atoms with E-state index in [0.29, 0.717) is 6.42 Å². The Labute approximate surface area is 187 Å². The predicted octanol–water partition coefficient (Wildman–Crippen LogP) is 5.36. The quantitative estimate of drug-likeness (QED) is 0.364. The smallest absolute Gasteiger partial charge is 0.274 e. The number of nitro groups is 1. The van der Waals surface area contributed by atoms with Crippen LogP contribution in [0, 0.1) is 10.1 Å². The zero-order chi connectivity index (χ0) is 22.0. The second kappa shape index (κ2) is 8.69. The molecule has 7 nitrogen and oxygen atoms in total. The first-order chi connectivity index (χ1) is 15.0. The van der Waals surface area contributed by atoms with Crippen LogP contribution in [0.4, 0.5) is 5.69 Å². The maximum absolute atomic E-state index is 13.3. The average molecular weight is 480 g/mol. The van der Waals surface area contributed by atoms with E-state index in [9.17, 15) is 14.9 Å². The van der Waals surface area contributed by atoms with Crippen LogP contribution in [0.2, 0.25) is 0 Å². The maximum atomic E-state index is 13.3. The van der Waals surface area contributed by atoms with Gasteiger partial charge in [-0.3, -0.25) is 14.9 Å². The van der Waals surface area contributed by atoms with Crippen molar-refractivity contribution in [2.75, 3.05) is 7.11 Å². The summed E-state index contributed by atoms with van der Waals surface area (Å²) in [5.74, 6) is 0.344. The van der Waals surface area contributed by atoms with Gasteiger partial charge in [-0.2, -0.15) is 5.10 Å². The number of nitro benzene ring substituents is 1. The first-order valence-electron chi connectivity index (χ1n) is 9.51. The van der Waals surface area contributed by atoms with Crippen LogP contribution >= 0.6 is 15.9 Å². The van der Waals surface area contributed by atoms with Crippen molar-refractivity contribution in [3.8, 4) is 5.75 Å². The summed E-state index contributed by atoms with van der Waals surface area (Å²) in [6, 6.07) is 20.6. The van der Waals surface area contributed by atoms with E-state index in [1.165, 1.54) is 23.2 Å². The molecule has 31 heavy (non-hydrogen) atoms. The third-order valence-corrected chi connectivity index (χ3v) is 5.63. The monoisotopic (exact) mass is 479 g/mol.